The third-order valence-electron chi connectivity index (χ3n) is 5.79. The van der Waals surface area contributed by atoms with Crippen molar-refractivity contribution in [3.05, 3.63) is 85.0 Å². The quantitative estimate of drug-likeness (QED) is 0.177. The molecule has 0 saturated carbocycles. The molecule has 10 heteroatoms. The Morgan fingerprint density at radius 3 is 2.64 bits per heavy atom. The molecule has 0 aliphatic rings. The maximum Gasteiger partial charge on any atom is 0.282 e. The average molecular weight is 629 g/mol. The summed E-state index contributed by atoms with van der Waals surface area (Å²) in [4.78, 5) is 18.3. The lowest BCUT2D eigenvalue weighted by Crippen LogP contribution is -2.20. The second-order valence-electron chi connectivity index (χ2n) is 10.1. The number of ether oxygens (including phenoxy) is 2. The lowest BCUT2D eigenvalue weighted by Gasteiger charge is -2.21. The van der Waals surface area contributed by atoms with Gasteiger partial charge in [0.25, 0.3) is 5.56 Å². The second-order valence-corrected chi connectivity index (χ2v) is 11.7. The molecule has 0 atom stereocenters. The van der Waals surface area contributed by atoms with E-state index in [9.17, 15) is 4.79 Å². The van der Waals surface area contributed by atoms with Crippen molar-refractivity contribution < 1.29 is 13.9 Å². The Kier molecular flexibility index (Phi) is 7.46. The van der Waals surface area contributed by atoms with E-state index in [4.69, 9.17) is 42.1 Å². The Morgan fingerprint density at radius 1 is 1.13 bits per heavy atom. The van der Waals surface area contributed by atoms with Crippen molar-refractivity contribution in [2.75, 3.05) is 13.7 Å². The lowest BCUT2D eigenvalue weighted by molar-refractivity contribution is 0.191. The minimum Gasteiger partial charge on any atom is -0.493 e. The molecule has 0 radical (unpaired) electrons. The van der Waals surface area contributed by atoms with Crippen molar-refractivity contribution in [2.24, 2.45) is 10.5 Å². The highest BCUT2D eigenvalue weighted by Gasteiger charge is 2.21. The summed E-state index contributed by atoms with van der Waals surface area (Å²) in [6.07, 6.45) is 1.51. The third kappa shape index (κ3) is 5.55. The molecule has 7 nitrogen and oxygen atoms in total. The Labute approximate surface area is 243 Å². The van der Waals surface area contributed by atoms with Crippen molar-refractivity contribution in [3.63, 3.8) is 0 Å². The molecular weight excluding hydrogens is 605 g/mol. The van der Waals surface area contributed by atoms with Gasteiger partial charge in [-0.05, 0) is 63.8 Å². The third-order valence-corrected chi connectivity index (χ3v) is 7.47. The summed E-state index contributed by atoms with van der Waals surface area (Å²) in [6, 6.07) is 15.9. The zero-order valence-corrected chi connectivity index (χ0v) is 24.7. The molecule has 0 amide bonds. The smallest absolute Gasteiger partial charge is 0.282 e. The molecule has 5 aromatic rings. The van der Waals surface area contributed by atoms with Crippen molar-refractivity contribution in [1.29, 1.82) is 0 Å². The van der Waals surface area contributed by atoms with Gasteiger partial charge in [0.15, 0.2) is 17.3 Å². The largest absolute Gasteiger partial charge is 0.493 e. The highest BCUT2D eigenvalue weighted by atomic mass is 79.9. The van der Waals surface area contributed by atoms with Gasteiger partial charge in [0.1, 0.15) is 10.6 Å². The summed E-state index contributed by atoms with van der Waals surface area (Å²) in [5.41, 5.74) is 1.27. The Morgan fingerprint density at radius 2 is 1.90 bits per heavy atom. The van der Waals surface area contributed by atoms with Gasteiger partial charge in [-0.2, -0.15) is 9.78 Å². The highest BCUT2D eigenvalue weighted by Crippen LogP contribution is 2.42. The Bertz CT molecular complexity index is 1810. The highest BCUT2D eigenvalue weighted by molar-refractivity contribution is 9.10. The van der Waals surface area contributed by atoms with Crippen molar-refractivity contribution in [3.8, 4) is 23.1 Å². The molecule has 0 N–H and O–H groups in total. The van der Waals surface area contributed by atoms with Gasteiger partial charge in [0.2, 0.25) is 5.82 Å². The number of halogens is 3. The first kappa shape index (κ1) is 27.2. The van der Waals surface area contributed by atoms with Gasteiger partial charge >= 0.3 is 0 Å². The molecule has 0 bridgehead atoms. The number of aromatic nitrogens is 2. The molecule has 0 unspecified atom stereocenters. The maximum atomic E-state index is 13.6. The van der Waals surface area contributed by atoms with Crippen LogP contribution in [0, 0.1) is 5.41 Å². The molecule has 0 aliphatic carbocycles. The molecule has 2 heterocycles. The molecule has 0 aliphatic heterocycles. The zero-order chi connectivity index (χ0) is 27.9. The van der Waals surface area contributed by atoms with Crippen LogP contribution in [0.3, 0.4) is 0 Å². The van der Waals surface area contributed by atoms with E-state index in [2.05, 4.69) is 41.8 Å². The van der Waals surface area contributed by atoms with Crippen molar-refractivity contribution in [2.45, 2.75) is 20.8 Å². The van der Waals surface area contributed by atoms with Crippen molar-refractivity contribution in [1.82, 2.24) is 9.66 Å². The van der Waals surface area contributed by atoms with Gasteiger partial charge in [-0.15, -0.1) is 0 Å². The summed E-state index contributed by atoms with van der Waals surface area (Å²) in [5.74, 6) is 1.46. The Balaban J connectivity index is 1.65. The standard InChI is InChI=1S/C29H24BrCl2N3O4/c1-29(2,3)15-38-26-22(37-4)13-17(24(30)25(26)32)14-33-35-27(34-20-8-6-5-7-19(20)28(35)36)23-12-16-11-18(31)9-10-21(16)39-23/h5-14H,15H2,1-4H3. The van der Waals surface area contributed by atoms with E-state index in [1.165, 1.54) is 18.0 Å². The van der Waals surface area contributed by atoms with Crippen LogP contribution >= 0.6 is 39.1 Å². The van der Waals surface area contributed by atoms with Crippen LogP contribution in [-0.2, 0) is 0 Å². The number of hydrogen-bond acceptors (Lipinski definition) is 6. The van der Waals surface area contributed by atoms with Gasteiger partial charge < -0.3 is 13.9 Å². The fourth-order valence-electron chi connectivity index (χ4n) is 3.91. The summed E-state index contributed by atoms with van der Waals surface area (Å²) >= 11 is 16.4. The molecular formula is C29H24BrCl2N3O4. The normalized spacial score (nSPS) is 12.1. The summed E-state index contributed by atoms with van der Waals surface area (Å²) in [6.45, 7) is 6.63. The second kappa shape index (κ2) is 10.7. The number of methoxy groups -OCH3 is 1. The van der Waals surface area contributed by atoms with Crippen LogP contribution in [0.15, 0.2) is 73.4 Å². The topological polar surface area (TPSA) is 78.9 Å². The van der Waals surface area contributed by atoms with Crippen LogP contribution in [0.2, 0.25) is 10.0 Å². The lowest BCUT2D eigenvalue weighted by atomic mass is 9.99. The van der Waals surface area contributed by atoms with Gasteiger partial charge in [-0.3, -0.25) is 4.79 Å². The van der Waals surface area contributed by atoms with E-state index in [0.717, 1.165) is 5.39 Å². The number of fused-ring (bicyclic) bond motifs is 2. The average Bonchev–Trinajstić information content (AvgIpc) is 3.32. The van der Waals surface area contributed by atoms with Gasteiger partial charge in [0, 0.05) is 20.4 Å². The predicted molar refractivity (Wildman–Crippen MR) is 160 cm³/mol. The molecule has 200 valence electrons. The fraction of sp³-hybridized carbons (Fsp3) is 0.207. The molecule has 2 aromatic heterocycles. The van der Waals surface area contributed by atoms with Crippen LogP contribution in [-0.4, -0.2) is 29.6 Å². The summed E-state index contributed by atoms with van der Waals surface area (Å²) in [7, 11) is 1.54. The van der Waals surface area contributed by atoms with Crippen LogP contribution in [0.5, 0.6) is 11.5 Å². The monoisotopic (exact) mass is 627 g/mol. The minimum absolute atomic E-state index is 0.0798. The van der Waals surface area contributed by atoms with E-state index in [1.54, 1.807) is 48.5 Å². The molecule has 5 rings (SSSR count). The first-order valence-electron chi connectivity index (χ1n) is 12.0. The minimum atomic E-state index is -0.357. The number of hydrogen-bond donors (Lipinski definition) is 0. The molecule has 0 saturated heterocycles. The first-order valence-corrected chi connectivity index (χ1v) is 13.5. The number of para-hydroxylation sites is 1. The Hall–Kier alpha value is -3.33. The van der Waals surface area contributed by atoms with Gasteiger partial charge in [0.05, 0.1) is 30.8 Å². The molecule has 0 spiro atoms. The van der Waals surface area contributed by atoms with E-state index < -0.39 is 0 Å². The number of nitrogens with zero attached hydrogens (tertiary/aromatic N) is 3. The molecule has 0 fully saturated rings. The summed E-state index contributed by atoms with van der Waals surface area (Å²) in [5, 5.41) is 6.62. The maximum absolute atomic E-state index is 13.6. The van der Waals surface area contributed by atoms with E-state index in [1.807, 2.05) is 6.07 Å². The fourth-order valence-corrected chi connectivity index (χ4v) is 4.74. The molecule has 3 aromatic carbocycles. The van der Waals surface area contributed by atoms with Crippen LogP contribution in [0.1, 0.15) is 26.3 Å². The van der Waals surface area contributed by atoms with Crippen molar-refractivity contribution >= 4 is 67.2 Å². The SMILES string of the molecule is COc1cc(C=Nn2c(-c3cc4cc(Cl)ccc4o3)nc3ccccc3c2=O)c(Br)c(Cl)c1OCC(C)(C)C. The van der Waals surface area contributed by atoms with E-state index in [0.29, 0.717) is 60.4 Å². The number of rotatable bonds is 6. The number of benzene rings is 3. The predicted octanol–water partition coefficient (Wildman–Crippen LogP) is 8.19. The van der Waals surface area contributed by atoms with E-state index >= 15 is 0 Å². The first-order chi connectivity index (χ1) is 18.6. The summed E-state index contributed by atoms with van der Waals surface area (Å²) < 4.78 is 19.3. The van der Waals surface area contributed by atoms with Crippen LogP contribution in [0.25, 0.3) is 33.5 Å². The molecule has 39 heavy (non-hydrogen) atoms. The van der Waals surface area contributed by atoms with Crippen LogP contribution < -0.4 is 15.0 Å². The zero-order valence-electron chi connectivity index (χ0n) is 21.6. The van der Waals surface area contributed by atoms with E-state index in [-0.39, 0.29) is 16.8 Å². The van der Waals surface area contributed by atoms with Gasteiger partial charge in [-0.1, -0.05) is 56.1 Å². The van der Waals surface area contributed by atoms with Gasteiger partial charge in [-0.25, -0.2) is 4.98 Å². The van der Waals surface area contributed by atoms with Crippen LogP contribution in [0.4, 0.5) is 0 Å². The number of furan rings is 1.